The Bertz CT molecular complexity index is 485. The number of amides is 1. The minimum Gasteiger partial charge on any atom is -0.394 e. The van der Waals surface area contributed by atoms with Crippen LogP contribution in [0.4, 0.5) is 0 Å². The van der Waals surface area contributed by atoms with Gasteiger partial charge in [0.25, 0.3) is 0 Å². The summed E-state index contributed by atoms with van der Waals surface area (Å²) in [6.07, 6.45) is 2.86. The average Bonchev–Trinajstić information content (AvgIpc) is 2.40. The van der Waals surface area contributed by atoms with Crippen molar-refractivity contribution in [3.63, 3.8) is 0 Å². The van der Waals surface area contributed by atoms with Crippen LogP contribution in [-0.4, -0.2) is 34.9 Å². The first-order valence-corrected chi connectivity index (χ1v) is 6.33. The van der Waals surface area contributed by atoms with Crippen molar-refractivity contribution in [2.75, 3.05) is 13.2 Å². The molecule has 0 spiro atoms. The second-order valence-electron chi connectivity index (χ2n) is 4.37. The molecule has 1 rings (SSSR count). The van der Waals surface area contributed by atoms with Crippen molar-refractivity contribution in [1.29, 1.82) is 0 Å². The van der Waals surface area contributed by atoms with E-state index in [0.717, 1.165) is 5.56 Å². The molecular weight excluding hydrogens is 289 g/mol. The van der Waals surface area contributed by atoms with Gasteiger partial charge in [0.05, 0.1) is 28.8 Å². The molecule has 0 aromatic heterocycles. The van der Waals surface area contributed by atoms with E-state index in [1.807, 2.05) is 0 Å². The third-order valence-electron chi connectivity index (χ3n) is 2.49. The van der Waals surface area contributed by atoms with Crippen molar-refractivity contribution in [3.8, 4) is 0 Å². The highest BCUT2D eigenvalue weighted by Gasteiger charge is 2.23. The molecule has 4 nitrogen and oxygen atoms in total. The van der Waals surface area contributed by atoms with Gasteiger partial charge in [-0.25, -0.2) is 0 Å². The summed E-state index contributed by atoms with van der Waals surface area (Å²) in [5.74, 6) is -0.420. The lowest BCUT2D eigenvalue weighted by molar-refractivity contribution is -0.119. The van der Waals surface area contributed by atoms with Crippen LogP contribution in [0.5, 0.6) is 0 Å². The fourth-order valence-electron chi connectivity index (χ4n) is 1.26. The topological polar surface area (TPSA) is 69.6 Å². The number of nitrogens with one attached hydrogen (secondary N) is 1. The summed E-state index contributed by atoms with van der Waals surface area (Å²) in [7, 11) is 0. The van der Waals surface area contributed by atoms with Crippen molar-refractivity contribution in [2.45, 2.75) is 12.5 Å². The molecule has 0 fully saturated rings. The molecule has 0 radical (unpaired) electrons. The zero-order valence-corrected chi connectivity index (χ0v) is 11.9. The van der Waals surface area contributed by atoms with Crippen LogP contribution < -0.4 is 5.32 Å². The quantitative estimate of drug-likeness (QED) is 0.727. The largest absolute Gasteiger partial charge is 0.394 e. The lowest BCUT2D eigenvalue weighted by atomic mass is 10.1. The number of halogens is 2. The molecule has 0 saturated carbocycles. The minimum atomic E-state index is -1.04. The van der Waals surface area contributed by atoms with E-state index < -0.39 is 11.4 Å². The lowest BCUT2D eigenvalue weighted by Crippen LogP contribution is -2.51. The Labute approximate surface area is 121 Å². The molecule has 1 amide bonds. The maximum Gasteiger partial charge on any atom is 0.244 e. The molecule has 0 bridgehead atoms. The zero-order valence-electron chi connectivity index (χ0n) is 10.4. The van der Waals surface area contributed by atoms with E-state index in [2.05, 4.69) is 5.32 Å². The SMILES string of the molecule is CC(CO)(CO)NC(=O)/C=C/c1ccc(Cl)c(Cl)c1. The van der Waals surface area contributed by atoms with Gasteiger partial charge in [-0.3, -0.25) is 4.79 Å². The van der Waals surface area contributed by atoms with Crippen molar-refractivity contribution in [2.24, 2.45) is 0 Å². The Balaban J connectivity index is 2.71. The first-order valence-electron chi connectivity index (χ1n) is 5.57. The molecule has 0 aliphatic rings. The highest BCUT2D eigenvalue weighted by molar-refractivity contribution is 6.42. The van der Waals surface area contributed by atoms with Crippen molar-refractivity contribution in [3.05, 3.63) is 39.9 Å². The number of carbonyl (C=O) groups is 1. The summed E-state index contributed by atoms with van der Waals surface area (Å²) >= 11 is 11.6. The maximum atomic E-state index is 11.6. The van der Waals surface area contributed by atoms with E-state index in [1.54, 1.807) is 24.3 Å². The summed E-state index contributed by atoms with van der Waals surface area (Å²) in [5, 5.41) is 21.5. The number of benzene rings is 1. The Morgan fingerprint density at radius 1 is 1.32 bits per heavy atom. The fourth-order valence-corrected chi connectivity index (χ4v) is 1.56. The average molecular weight is 304 g/mol. The first kappa shape index (κ1) is 16.0. The van der Waals surface area contributed by atoms with Gasteiger partial charge in [0.15, 0.2) is 0 Å². The van der Waals surface area contributed by atoms with E-state index in [9.17, 15) is 4.79 Å². The standard InChI is InChI=1S/C13H15Cl2NO3/c1-13(7-17,8-18)16-12(19)5-3-9-2-4-10(14)11(15)6-9/h2-6,17-18H,7-8H2,1H3,(H,16,19)/b5-3+. The number of rotatable bonds is 5. The van der Waals surface area contributed by atoms with Crippen LogP contribution in [0.15, 0.2) is 24.3 Å². The monoisotopic (exact) mass is 303 g/mol. The Hall–Kier alpha value is -1.07. The van der Waals surface area contributed by atoms with Gasteiger partial charge in [-0.05, 0) is 30.7 Å². The molecule has 6 heteroatoms. The van der Waals surface area contributed by atoms with E-state index in [-0.39, 0.29) is 13.2 Å². The number of aliphatic hydroxyl groups is 2. The summed E-state index contributed by atoms with van der Waals surface area (Å²) in [6.45, 7) is 0.837. The van der Waals surface area contributed by atoms with Crippen molar-refractivity contribution >= 4 is 35.2 Å². The Kier molecular flexibility index (Phi) is 5.82. The van der Waals surface area contributed by atoms with E-state index in [1.165, 1.54) is 13.0 Å². The van der Waals surface area contributed by atoms with Crippen LogP contribution in [0.1, 0.15) is 12.5 Å². The van der Waals surface area contributed by atoms with Gasteiger partial charge >= 0.3 is 0 Å². The molecular formula is C13H15Cl2NO3. The smallest absolute Gasteiger partial charge is 0.244 e. The fraction of sp³-hybridized carbons (Fsp3) is 0.308. The molecule has 3 N–H and O–H groups in total. The molecule has 104 valence electrons. The highest BCUT2D eigenvalue weighted by Crippen LogP contribution is 2.23. The molecule has 19 heavy (non-hydrogen) atoms. The van der Waals surface area contributed by atoms with Crippen LogP contribution in [0, 0.1) is 0 Å². The lowest BCUT2D eigenvalue weighted by Gasteiger charge is -2.25. The molecule has 0 atom stereocenters. The van der Waals surface area contributed by atoms with E-state index in [4.69, 9.17) is 33.4 Å². The normalized spacial score (nSPS) is 11.8. The van der Waals surface area contributed by atoms with Gasteiger partial charge in [0.2, 0.25) is 5.91 Å². The van der Waals surface area contributed by atoms with Crippen LogP contribution in [0.3, 0.4) is 0 Å². The summed E-state index contributed by atoms with van der Waals surface area (Å²) in [4.78, 5) is 11.6. The summed E-state index contributed by atoms with van der Waals surface area (Å²) in [6, 6.07) is 4.98. The van der Waals surface area contributed by atoms with Crippen molar-refractivity contribution in [1.82, 2.24) is 5.32 Å². The second-order valence-corrected chi connectivity index (χ2v) is 5.19. The van der Waals surface area contributed by atoms with E-state index >= 15 is 0 Å². The third-order valence-corrected chi connectivity index (χ3v) is 3.23. The molecule has 0 saturated heterocycles. The minimum absolute atomic E-state index is 0.351. The highest BCUT2D eigenvalue weighted by atomic mass is 35.5. The van der Waals surface area contributed by atoms with Crippen LogP contribution in [-0.2, 0) is 4.79 Å². The van der Waals surface area contributed by atoms with Gasteiger partial charge in [-0.2, -0.15) is 0 Å². The van der Waals surface area contributed by atoms with E-state index in [0.29, 0.717) is 10.0 Å². The predicted octanol–water partition coefficient (Wildman–Crippen LogP) is 1.87. The van der Waals surface area contributed by atoms with Gasteiger partial charge in [-0.15, -0.1) is 0 Å². The van der Waals surface area contributed by atoms with Gasteiger partial charge in [0.1, 0.15) is 0 Å². The van der Waals surface area contributed by atoms with Crippen LogP contribution >= 0.6 is 23.2 Å². The maximum absolute atomic E-state index is 11.6. The van der Waals surface area contributed by atoms with Crippen molar-refractivity contribution < 1.29 is 15.0 Å². The molecule has 1 aromatic rings. The molecule has 0 unspecified atom stereocenters. The molecule has 0 heterocycles. The number of hydrogen-bond acceptors (Lipinski definition) is 3. The number of carbonyl (C=O) groups excluding carboxylic acids is 1. The van der Waals surface area contributed by atoms with Crippen LogP contribution in [0.25, 0.3) is 6.08 Å². The molecule has 0 aliphatic carbocycles. The molecule has 1 aromatic carbocycles. The zero-order chi connectivity index (χ0) is 14.5. The third kappa shape index (κ3) is 4.84. The first-order chi connectivity index (χ1) is 8.90. The Morgan fingerprint density at radius 2 is 1.95 bits per heavy atom. The number of hydrogen-bond donors (Lipinski definition) is 3. The predicted molar refractivity (Wildman–Crippen MR) is 76.2 cm³/mol. The van der Waals surface area contributed by atoms with Gasteiger partial charge in [-0.1, -0.05) is 29.3 Å². The van der Waals surface area contributed by atoms with Gasteiger partial charge in [0, 0.05) is 6.08 Å². The summed E-state index contributed by atoms with van der Waals surface area (Å²) < 4.78 is 0. The van der Waals surface area contributed by atoms with Crippen LogP contribution in [0.2, 0.25) is 10.0 Å². The summed E-state index contributed by atoms with van der Waals surface area (Å²) in [5.41, 5.74) is -0.321. The van der Waals surface area contributed by atoms with Gasteiger partial charge < -0.3 is 15.5 Å². The second kappa shape index (κ2) is 6.91. The Morgan fingerprint density at radius 3 is 2.47 bits per heavy atom. The number of aliphatic hydroxyl groups excluding tert-OH is 2. The molecule has 0 aliphatic heterocycles.